The zero-order valence-electron chi connectivity index (χ0n) is 14.1. The molecule has 1 aromatic rings. The Kier molecular flexibility index (Phi) is 5.36. The van der Waals surface area contributed by atoms with E-state index in [1.165, 1.54) is 69.8 Å². The monoisotopic (exact) mass is 298 g/mol. The summed E-state index contributed by atoms with van der Waals surface area (Å²) in [6, 6.07) is 12.7. The Labute approximate surface area is 136 Å². The van der Waals surface area contributed by atoms with Crippen LogP contribution in [0, 0.1) is 0 Å². The zero-order chi connectivity index (χ0) is 15.3. The molecule has 0 radical (unpaired) electrons. The predicted molar refractivity (Wildman–Crippen MR) is 94.3 cm³/mol. The van der Waals surface area contributed by atoms with Crippen molar-refractivity contribution >= 4 is 0 Å². The Bertz CT molecular complexity index is 434. The smallest absolute Gasteiger partial charge is 0.109 e. The van der Waals surface area contributed by atoms with Gasteiger partial charge >= 0.3 is 0 Å². The van der Waals surface area contributed by atoms with Crippen LogP contribution in [0.15, 0.2) is 43.1 Å². The molecule has 0 N–H and O–H groups in total. The lowest BCUT2D eigenvalue weighted by molar-refractivity contribution is -0.943. The van der Waals surface area contributed by atoms with Crippen molar-refractivity contribution in [3.63, 3.8) is 0 Å². The molecule has 2 aliphatic rings. The van der Waals surface area contributed by atoms with Gasteiger partial charge in [-0.3, -0.25) is 4.48 Å². The van der Waals surface area contributed by atoms with Gasteiger partial charge in [0, 0.05) is 5.56 Å². The molecular weight excluding hydrogens is 266 g/mol. The molecule has 0 bridgehead atoms. The van der Waals surface area contributed by atoms with Crippen molar-refractivity contribution < 1.29 is 4.48 Å². The molecule has 2 fully saturated rings. The molecule has 2 saturated carbocycles. The van der Waals surface area contributed by atoms with E-state index in [4.69, 9.17) is 0 Å². The molecule has 0 unspecified atom stereocenters. The highest BCUT2D eigenvalue weighted by Crippen LogP contribution is 2.38. The molecule has 0 spiro atoms. The summed E-state index contributed by atoms with van der Waals surface area (Å²) in [6.45, 7) is 5.50. The minimum Gasteiger partial charge on any atom is -0.289 e. The first-order chi connectivity index (χ1) is 10.8. The molecule has 0 aromatic heterocycles. The Balaban J connectivity index is 1.89. The number of hydrogen-bond acceptors (Lipinski definition) is 0. The number of hydrogen-bond donors (Lipinski definition) is 0. The van der Waals surface area contributed by atoms with Gasteiger partial charge in [-0.05, 0) is 57.9 Å². The van der Waals surface area contributed by atoms with Crippen LogP contribution in [-0.2, 0) is 6.54 Å². The standard InChI is InChI=1S/C21H32N/c1-2-22(20-14-8-4-9-15-20,21-16-10-5-11-17-21)18-19-12-6-3-7-13-19/h2-3,6-7,12-13,20-21H,1,4-5,8-11,14-18H2/q+1. The molecule has 1 heteroatoms. The Hall–Kier alpha value is -1.08. The van der Waals surface area contributed by atoms with Gasteiger partial charge in [-0.15, -0.1) is 0 Å². The molecule has 1 aromatic carbocycles. The predicted octanol–water partition coefficient (Wildman–Crippen LogP) is 5.81. The molecule has 0 atom stereocenters. The van der Waals surface area contributed by atoms with Crippen LogP contribution < -0.4 is 0 Å². The van der Waals surface area contributed by atoms with E-state index in [1.54, 1.807) is 0 Å². The maximum absolute atomic E-state index is 4.35. The van der Waals surface area contributed by atoms with Crippen molar-refractivity contribution in [1.29, 1.82) is 0 Å². The van der Waals surface area contributed by atoms with Crippen LogP contribution in [-0.4, -0.2) is 16.6 Å². The SMILES string of the molecule is C=C[N+](Cc1ccccc1)(C1CCCCC1)C1CCCCC1. The Morgan fingerprint density at radius 2 is 1.32 bits per heavy atom. The summed E-state index contributed by atoms with van der Waals surface area (Å²) in [5, 5.41) is 0. The molecule has 3 rings (SSSR count). The average Bonchev–Trinajstić information content (AvgIpc) is 2.62. The largest absolute Gasteiger partial charge is 0.289 e. The Morgan fingerprint density at radius 3 is 1.77 bits per heavy atom. The number of quaternary nitrogens is 1. The van der Waals surface area contributed by atoms with Crippen LogP contribution in [0.4, 0.5) is 0 Å². The quantitative estimate of drug-likeness (QED) is 0.601. The van der Waals surface area contributed by atoms with Crippen molar-refractivity contribution in [3.05, 3.63) is 48.7 Å². The second kappa shape index (κ2) is 7.46. The highest BCUT2D eigenvalue weighted by atomic mass is 15.4. The van der Waals surface area contributed by atoms with Crippen LogP contribution >= 0.6 is 0 Å². The molecule has 0 aliphatic heterocycles. The average molecular weight is 298 g/mol. The van der Waals surface area contributed by atoms with E-state index in [9.17, 15) is 0 Å². The normalized spacial score (nSPS) is 21.6. The first kappa shape index (κ1) is 15.8. The molecule has 120 valence electrons. The van der Waals surface area contributed by atoms with Gasteiger partial charge in [-0.1, -0.05) is 43.2 Å². The van der Waals surface area contributed by atoms with Crippen molar-refractivity contribution in [1.82, 2.24) is 0 Å². The first-order valence-corrected chi connectivity index (χ1v) is 9.40. The van der Waals surface area contributed by atoms with Crippen LogP contribution in [0.25, 0.3) is 0 Å². The van der Waals surface area contributed by atoms with Gasteiger partial charge in [0.05, 0.1) is 18.3 Å². The molecule has 22 heavy (non-hydrogen) atoms. The first-order valence-electron chi connectivity index (χ1n) is 9.40. The van der Waals surface area contributed by atoms with E-state index in [1.807, 2.05) is 0 Å². The maximum Gasteiger partial charge on any atom is 0.109 e. The fraction of sp³-hybridized carbons (Fsp3) is 0.619. The minimum atomic E-state index is 0.801. The number of rotatable bonds is 5. The number of nitrogens with zero attached hydrogens (tertiary/aromatic N) is 1. The maximum atomic E-state index is 4.35. The van der Waals surface area contributed by atoms with Gasteiger partial charge in [-0.25, -0.2) is 0 Å². The molecule has 0 heterocycles. The third-order valence-electron chi connectivity index (χ3n) is 6.15. The second-order valence-electron chi connectivity index (χ2n) is 7.40. The van der Waals surface area contributed by atoms with Crippen molar-refractivity contribution in [2.24, 2.45) is 0 Å². The van der Waals surface area contributed by atoms with E-state index in [0.717, 1.165) is 23.1 Å². The van der Waals surface area contributed by atoms with Crippen LogP contribution in [0.2, 0.25) is 0 Å². The van der Waals surface area contributed by atoms with E-state index >= 15 is 0 Å². The molecular formula is C21H32N+. The molecule has 1 nitrogen and oxygen atoms in total. The summed E-state index contributed by atoms with van der Waals surface area (Å²) < 4.78 is 1.16. The van der Waals surface area contributed by atoms with E-state index in [0.29, 0.717) is 0 Å². The van der Waals surface area contributed by atoms with E-state index in [2.05, 4.69) is 43.1 Å². The minimum absolute atomic E-state index is 0.801. The zero-order valence-corrected chi connectivity index (χ0v) is 14.1. The lowest BCUT2D eigenvalue weighted by Crippen LogP contribution is -2.58. The lowest BCUT2D eigenvalue weighted by atomic mass is 9.85. The van der Waals surface area contributed by atoms with Gasteiger partial charge in [-0.2, -0.15) is 0 Å². The topological polar surface area (TPSA) is 0 Å². The van der Waals surface area contributed by atoms with Crippen LogP contribution in [0.5, 0.6) is 0 Å². The summed E-state index contributed by atoms with van der Waals surface area (Å²) in [4.78, 5) is 0. The Morgan fingerprint density at radius 1 is 0.818 bits per heavy atom. The summed E-state index contributed by atoms with van der Waals surface area (Å²) >= 11 is 0. The fourth-order valence-corrected chi connectivity index (χ4v) is 4.94. The molecule has 2 aliphatic carbocycles. The number of benzene rings is 1. The lowest BCUT2D eigenvalue weighted by Gasteiger charge is -2.50. The van der Waals surface area contributed by atoms with Gasteiger partial charge in [0.15, 0.2) is 0 Å². The van der Waals surface area contributed by atoms with Crippen molar-refractivity contribution in [2.45, 2.75) is 82.8 Å². The summed E-state index contributed by atoms with van der Waals surface area (Å²) in [6.07, 6.45) is 16.5. The van der Waals surface area contributed by atoms with Crippen molar-refractivity contribution in [2.75, 3.05) is 0 Å². The molecule has 0 saturated heterocycles. The second-order valence-corrected chi connectivity index (χ2v) is 7.40. The highest BCUT2D eigenvalue weighted by molar-refractivity contribution is 5.13. The van der Waals surface area contributed by atoms with E-state index in [-0.39, 0.29) is 0 Å². The summed E-state index contributed by atoms with van der Waals surface area (Å²) in [5.41, 5.74) is 1.48. The third-order valence-corrected chi connectivity index (χ3v) is 6.15. The van der Waals surface area contributed by atoms with Crippen LogP contribution in [0.1, 0.15) is 69.8 Å². The van der Waals surface area contributed by atoms with Gasteiger partial charge in [0.25, 0.3) is 0 Å². The van der Waals surface area contributed by atoms with E-state index < -0.39 is 0 Å². The fourth-order valence-electron chi connectivity index (χ4n) is 4.94. The third kappa shape index (κ3) is 3.30. The van der Waals surface area contributed by atoms with Gasteiger partial charge < -0.3 is 0 Å². The summed E-state index contributed by atoms with van der Waals surface area (Å²) in [5.74, 6) is 0. The summed E-state index contributed by atoms with van der Waals surface area (Å²) in [7, 11) is 0. The van der Waals surface area contributed by atoms with Crippen LogP contribution in [0.3, 0.4) is 0 Å². The van der Waals surface area contributed by atoms with Gasteiger partial charge in [0.2, 0.25) is 0 Å². The van der Waals surface area contributed by atoms with Gasteiger partial charge in [0.1, 0.15) is 6.54 Å². The highest BCUT2D eigenvalue weighted by Gasteiger charge is 2.42. The van der Waals surface area contributed by atoms with Crippen molar-refractivity contribution in [3.8, 4) is 0 Å². The molecule has 0 amide bonds.